The number of amides is 2. The minimum atomic E-state index is -0.513. The number of likely N-dealkylation sites (tertiary alicyclic amines) is 1. The van der Waals surface area contributed by atoms with Gasteiger partial charge in [0.2, 0.25) is 5.91 Å². The minimum absolute atomic E-state index is 0.00991. The highest BCUT2D eigenvalue weighted by Gasteiger charge is 2.30. The van der Waals surface area contributed by atoms with Crippen LogP contribution in [0.25, 0.3) is 0 Å². The summed E-state index contributed by atoms with van der Waals surface area (Å²) in [6.45, 7) is 7.89. The largest absolute Gasteiger partial charge is 0.444 e. The molecule has 1 heterocycles. The number of nitrogens with one attached hydrogen (secondary N) is 1. The van der Waals surface area contributed by atoms with Crippen molar-refractivity contribution in [1.29, 1.82) is 0 Å². The number of hydrazine groups is 1. The van der Waals surface area contributed by atoms with Crippen molar-refractivity contribution in [3.8, 4) is 0 Å². The molecule has 1 saturated heterocycles. The number of benzene rings is 2. The van der Waals surface area contributed by atoms with E-state index in [2.05, 4.69) is 29.7 Å². The highest BCUT2D eigenvalue weighted by molar-refractivity contribution is 5.78. The van der Waals surface area contributed by atoms with Crippen LogP contribution in [0.15, 0.2) is 60.7 Å². The predicted molar refractivity (Wildman–Crippen MR) is 121 cm³/mol. The van der Waals surface area contributed by atoms with Crippen LogP contribution in [0, 0.1) is 5.92 Å². The highest BCUT2D eigenvalue weighted by atomic mass is 16.6. The van der Waals surface area contributed by atoms with Gasteiger partial charge in [-0.2, -0.15) is 0 Å². The second kappa shape index (κ2) is 10.4. The van der Waals surface area contributed by atoms with Gasteiger partial charge in [0.25, 0.3) is 0 Å². The SMILES string of the molecule is CC(C)(C)OC(=O)N1CCC(C(=O)NN(Cc2ccccc2)Cc2ccccc2)CC1. The van der Waals surface area contributed by atoms with E-state index in [1.807, 2.05) is 62.2 Å². The normalized spacial score (nSPS) is 15.0. The molecule has 0 unspecified atom stereocenters. The van der Waals surface area contributed by atoms with Crippen LogP contribution in [0.5, 0.6) is 0 Å². The lowest BCUT2D eigenvalue weighted by Crippen LogP contribution is -2.48. The van der Waals surface area contributed by atoms with Crippen LogP contribution in [0.2, 0.25) is 0 Å². The van der Waals surface area contributed by atoms with Crippen LogP contribution >= 0.6 is 0 Å². The number of carbonyl (C=O) groups excluding carboxylic acids is 2. The molecule has 0 aliphatic carbocycles. The van der Waals surface area contributed by atoms with E-state index in [0.29, 0.717) is 39.0 Å². The second-order valence-corrected chi connectivity index (χ2v) is 9.04. The third kappa shape index (κ3) is 7.40. The fraction of sp³-hybridized carbons (Fsp3) is 0.440. The van der Waals surface area contributed by atoms with E-state index in [0.717, 1.165) is 11.1 Å². The second-order valence-electron chi connectivity index (χ2n) is 9.04. The zero-order valence-corrected chi connectivity index (χ0v) is 18.7. The fourth-order valence-electron chi connectivity index (χ4n) is 3.64. The first-order chi connectivity index (χ1) is 14.8. The summed E-state index contributed by atoms with van der Waals surface area (Å²) < 4.78 is 5.45. The van der Waals surface area contributed by atoms with Crippen molar-refractivity contribution in [2.45, 2.75) is 52.3 Å². The van der Waals surface area contributed by atoms with E-state index in [1.165, 1.54) is 0 Å². The number of rotatable bonds is 6. The summed E-state index contributed by atoms with van der Waals surface area (Å²) in [5.41, 5.74) is 4.89. The van der Waals surface area contributed by atoms with Crippen molar-refractivity contribution in [3.63, 3.8) is 0 Å². The molecule has 6 nitrogen and oxygen atoms in total. The molecule has 6 heteroatoms. The molecule has 0 atom stereocenters. The summed E-state index contributed by atoms with van der Waals surface area (Å²) in [5.74, 6) is -0.108. The van der Waals surface area contributed by atoms with Gasteiger partial charge in [0.05, 0.1) is 0 Å². The van der Waals surface area contributed by atoms with Gasteiger partial charge in [-0.25, -0.2) is 9.80 Å². The molecule has 1 aliphatic heterocycles. The quantitative estimate of drug-likeness (QED) is 0.701. The Labute approximate surface area is 185 Å². The Morgan fingerprint density at radius 2 is 1.42 bits per heavy atom. The van der Waals surface area contributed by atoms with Crippen LogP contribution in [0.4, 0.5) is 4.79 Å². The summed E-state index contributed by atoms with van der Waals surface area (Å²) in [6.07, 6.45) is 0.965. The molecule has 3 rings (SSSR count). The molecular weight excluding hydrogens is 390 g/mol. The molecule has 0 radical (unpaired) electrons. The van der Waals surface area contributed by atoms with E-state index < -0.39 is 5.60 Å². The van der Waals surface area contributed by atoms with E-state index >= 15 is 0 Å². The summed E-state index contributed by atoms with van der Waals surface area (Å²) in [7, 11) is 0. The van der Waals surface area contributed by atoms with Gasteiger partial charge < -0.3 is 9.64 Å². The summed E-state index contributed by atoms with van der Waals surface area (Å²) in [6, 6.07) is 20.2. The lowest BCUT2D eigenvalue weighted by Gasteiger charge is -2.34. The molecule has 1 fully saturated rings. The Kier molecular flexibility index (Phi) is 7.69. The Bertz CT molecular complexity index is 800. The molecule has 0 aromatic heterocycles. The number of carbonyl (C=O) groups is 2. The number of hydrogen-bond acceptors (Lipinski definition) is 4. The van der Waals surface area contributed by atoms with Crippen molar-refractivity contribution < 1.29 is 14.3 Å². The number of piperidine rings is 1. The van der Waals surface area contributed by atoms with Gasteiger partial charge in [0, 0.05) is 32.1 Å². The third-order valence-corrected chi connectivity index (χ3v) is 5.22. The van der Waals surface area contributed by atoms with Gasteiger partial charge in [-0.15, -0.1) is 0 Å². The van der Waals surface area contributed by atoms with Crippen molar-refractivity contribution in [2.24, 2.45) is 5.92 Å². The first kappa shape index (κ1) is 22.8. The van der Waals surface area contributed by atoms with Crippen molar-refractivity contribution in [1.82, 2.24) is 15.3 Å². The van der Waals surface area contributed by atoms with Crippen LogP contribution in [-0.2, 0) is 22.6 Å². The van der Waals surface area contributed by atoms with E-state index in [9.17, 15) is 9.59 Å². The molecule has 0 bridgehead atoms. The Morgan fingerprint density at radius 3 is 1.87 bits per heavy atom. The van der Waals surface area contributed by atoms with Crippen molar-refractivity contribution >= 4 is 12.0 Å². The van der Waals surface area contributed by atoms with Gasteiger partial charge in [0.15, 0.2) is 0 Å². The maximum Gasteiger partial charge on any atom is 0.410 e. The van der Waals surface area contributed by atoms with Crippen molar-refractivity contribution in [3.05, 3.63) is 71.8 Å². The summed E-state index contributed by atoms with van der Waals surface area (Å²) >= 11 is 0. The molecule has 31 heavy (non-hydrogen) atoms. The average Bonchev–Trinajstić information content (AvgIpc) is 2.74. The number of ether oxygens (including phenoxy) is 1. The maximum absolute atomic E-state index is 13.0. The number of nitrogens with zero attached hydrogens (tertiary/aromatic N) is 2. The zero-order valence-electron chi connectivity index (χ0n) is 18.7. The fourth-order valence-corrected chi connectivity index (χ4v) is 3.64. The van der Waals surface area contributed by atoms with Crippen LogP contribution in [0.1, 0.15) is 44.7 Å². The summed E-state index contributed by atoms with van der Waals surface area (Å²) in [5, 5.41) is 1.97. The molecule has 1 aliphatic rings. The van der Waals surface area contributed by atoms with Gasteiger partial charge >= 0.3 is 6.09 Å². The Balaban J connectivity index is 1.58. The predicted octanol–water partition coefficient (Wildman–Crippen LogP) is 4.37. The molecule has 2 aromatic rings. The van der Waals surface area contributed by atoms with Crippen molar-refractivity contribution in [2.75, 3.05) is 13.1 Å². The van der Waals surface area contributed by atoms with Gasteiger partial charge in [-0.3, -0.25) is 10.2 Å². The molecular formula is C25H33N3O3. The summed E-state index contributed by atoms with van der Waals surface area (Å²) in [4.78, 5) is 27.0. The lowest BCUT2D eigenvalue weighted by atomic mass is 9.96. The Morgan fingerprint density at radius 1 is 0.935 bits per heavy atom. The zero-order chi connectivity index (χ0) is 22.3. The molecule has 166 valence electrons. The smallest absolute Gasteiger partial charge is 0.410 e. The average molecular weight is 424 g/mol. The highest BCUT2D eigenvalue weighted by Crippen LogP contribution is 2.20. The van der Waals surface area contributed by atoms with Gasteiger partial charge in [-0.05, 0) is 44.7 Å². The minimum Gasteiger partial charge on any atom is -0.444 e. The lowest BCUT2D eigenvalue weighted by molar-refractivity contribution is -0.132. The van der Waals surface area contributed by atoms with Crippen LogP contribution < -0.4 is 5.43 Å². The first-order valence-corrected chi connectivity index (χ1v) is 10.9. The topological polar surface area (TPSA) is 61.9 Å². The van der Waals surface area contributed by atoms with E-state index in [-0.39, 0.29) is 17.9 Å². The number of hydrogen-bond donors (Lipinski definition) is 1. The molecule has 1 N–H and O–H groups in total. The first-order valence-electron chi connectivity index (χ1n) is 10.9. The van der Waals surface area contributed by atoms with E-state index in [4.69, 9.17) is 4.74 Å². The maximum atomic E-state index is 13.0. The molecule has 0 saturated carbocycles. The standard InChI is InChI=1S/C25H33N3O3/c1-25(2,3)31-24(30)27-16-14-22(15-17-27)23(29)26-28(18-20-10-6-4-7-11-20)19-21-12-8-5-9-13-21/h4-13,22H,14-19H2,1-3H3,(H,26,29). The van der Waals surface area contributed by atoms with Gasteiger partial charge in [0.1, 0.15) is 5.60 Å². The molecule has 2 aromatic carbocycles. The van der Waals surface area contributed by atoms with Gasteiger partial charge in [-0.1, -0.05) is 60.7 Å². The molecule has 2 amide bonds. The monoisotopic (exact) mass is 423 g/mol. The Hall–Kier alpha value is -2.86. The molecule has 0 spiro atoms. The van der Waals surface area contributed by atoms with Crippen LogP contribution in [-0.4, -0.2) is 40.6 Å². The van der Waals surface area contributed by atoms with E-state index in [1.54, 1.807) is 4.90 Å². The van der Waals surface area contributed by atoms with Crippen LogP contribution in [0.3, 0.4) is 0 Å². The third-order valence-electron chi connectivity index (χ3n) is 5.22.